The Labute approximate surface area is 119 Å². The topological polar surface area (TPSA) is 72.3 Å². The maximum Gasteiger partial charge on any atom is 0.222 e. The van der Waals surface area contributed by atoms with Gasteiger partial charge in [-0.2, -0.15) is 0 Å². The summed E-state index contributed by atoms with van der Waals surface area (Å²) in [5, 5.41) is 9.18. The summed E-state index contributed by atoms with van der Waals surface area (Å²) in [6.45, 7) is 5.79. The zero-order valence-corrected chi connectivity index (χ0v) is 12.3. The molecular weight excluding hydrogens is 252 g/mol. The Hall–Kier alpha value is -1.65. The molecule has 20 heavy (non-hydrogen) atoms. The Bertz CT molecular complexity index is 626. The molecule has 0 unspecified atom stereocenters. The Morgan fingerprint density at radius 2 is 2.25 bits per heavy atom. The van der Waals surface area contributed by atoms with Crippen molar-refractivity contribution >= 4 is 16.7 Å². The van der Waals surface area contributed by atoms with Gasteiger partial charge in [0.2, 0.25) is 5.89 Å². The minimum Gasteiger partial charge on any atom is -0.436 e. The minimum absolute atomic E-state index is 0.0101. The third-order valence-corrected chi connectivity index (χ3v) is 3.57. The second kappa shape index (κ2) is 5.77. The van der Waals surface area contributed by atoms with E-state index in [0.717, 1.165) is 35.1 Å². The van der Waals surface area contributed by atoms with Gasteiger partial charge in [0, 0.05) is 11.1 Å². The van der Waals surface area contributed by atoms with Crippen molar-refractivity contribution in [3.8, 4) is 0 Å². The highest BCUT2D eigenvalue weighted by atomic mass is 16.3. The van der Waals surface area contributed by atoms with Crippen molar-refractivity contribution in [1.82, 2.24) is 4.98 Å². The number of aliphatic hydroxyl groups excluding tert-OH is 1. The van der Waals surface area contributed by atoms with Gasteiger partial charge in [0.1, 0.15) is 5.52 Å². The number of aromatic nitrogens is 1. The highest BCUT2D eigenvalue weighted by Crippen LogP contribution is 2.22. The van der Waals surface area contributed by atoms with Gasteiger partial charge in [0.25, 0.3) is 0 Å². The van der Waals surface area contributed by atoms with Gasteiger partial charge in [-0.3, -0.25) is 0 Å². The molecule has 0 aliphatic heterocycles. The van der Waals surface area contributed by atoms with Crippen molar-refractivity contribution in [3.63, 3.8) is 0 Å². The minimum atomic E-state index is -0.536. The van der Waals surface area contributed by atoms with E-state index in [1.165, 1.54) is 0 Å². The average Bonchev–Trinajstić information content (AvgIpc) is 2.87. The van der Waals surface area contributed by atoms with Crippen molar-refractivity contribution in [1.29, 1.82) is 0 Å². The summed E-state index contributed by atoms with van der Waals surface area (Å²) < 4.78 is 5.70. The highest BCUT2D eigenvalue weighted by molar-refractivity contribution is 5.76. The summed E-state index contributed by atoms with van der Waals surface area (Å²) in [5.41, 5.74) is 9.25. The van der Waals surface area contributed by atoms with Crippen LogP contribution >= 0.6 is 0 Å². The number of benzene rings is 1. The summed E-state index contributed by atoms with van der Waals surface area (Å²) in [7, 11) is 0. The maximum absolute atomic E-state index is 9.18. The van der Waals surface area contributed by atoms with Crippen LogP contribution in [0.4, 0.5) is 0 Å². The van der Waals surface area contributed by atoms with E-state index in [4.69, 9.17) is 10.2 Å². The predicted molar refractivity (Wildman–Crippen MR) is 81.3 cm³/mol. The fraction of sp³-hybridized carbons (Fsp3) is 0.438. The smallest absolute Gasteiger partial charge is 0.222 e. The first-order chi connectivity index (χ1) is 9.45. The van der Waals surface area contributed by atoms with Crippen LogP contribution in [0, 0.1) is 0 Å². The molecule has 0 spiro atoms. The van der Waals surface area contributed by atoms with E-state index in [0.29, 0.717) is 5.89 Å². The molecule has 0 aliphatic rings. The molecule has 1 heterocycles. The SMILES string of the molecule is C/C=C(\C)c1nc2cc(CC[C@@](C)(N)CO)ccc2o1. The van der Waals surface area contributed by atoms with Crippen LogP contribution in [-0.4, -0.2) is 22.2 Å². The molecule has 0 fully saturated rings. The van der Waals surface area contributed by atoms with Crippen LogP contribution in [0.25, 0.3) is 16.7 Å². The van der Waals surface area contributed by atoms with Gasteiger partial charge in [-0.05, 0) is 51.3 Å². The third kappa shape index (κ3) is 3.26. The number of aryl methyl sites for hydroxylation is 1. The largest absolute Gasteiger partial charge is 0.436 e. The molecule has 108 valence electrons. The molecule has 0 amide bonds. The van der Waals surface area contributed by atoms with Gasteiger partial charge in [0.05, 0.1) is 6.61 Å². The molecule has 0 saturated carbocycles. The van der Waals surface area contributed by atoms with Crippen LogP contribution in [0.5, 0.6) is 0 Å². The molecular formula is C16H22N2O2. The quantitative estimate of drug-likeness (QED) is 0.879. The maximum atomic E-state index is 9.18. The van der Waals surface area contributed by atoms with Gasteiger partial charge >= 0.3 is 0 Å². The number of rotatable bonds is 5. The number of aliphatic hydroxyl groups is 1. The molecule has 4 nitrogen and oxygen atoms in total. The first kappa shape index (κ1) is 14.8. The summed E-state index contributed by atoms with van der Waals surface area (Å²) in [6, 6.07) is 5.99. The Kier molecular flexibility index (Phi) is 4.26. The van der Waals surface area contributed by atoms with E-state index in [-0.39, 0.29) is 6.61 Å². The van der Waals surface area contributed by atoms with Crippen LogP contribution < -0.4 is 5.73 Å². The van der Waals surface area contributed by atoms with Gasteiger partial charge < -0.3 is 15.3 Å². The first-order valence-corrected chi connectivity index (χ1v) is 6.88. The molecule has 4 heteroatoms. The van der Waals surface area contributed by atoms with E-state index in [1.807, 2.05) is 45.0 Å². The van der Waals surface area contributed by atoms with Crippen molar-refractivity contribution < 1.29 is 9.52 Å². The summed E-state index contributed by atoms with van der Waals surface area (Å²) in [5.74, 6) is 0.665. The van der Waals surface area contributed by atoms with E-state index in [9.17, 15) is 5.11 Å². The van der Waals surface area contributed by atoms with Crippen molar-refractivity contribution in [3.05, 3.63) is 35.7 Å². The molecule has 1 atom stereocenters. The highest BCUT2D eigenvalue weighted by Gasteiger charge is 2.17. The fourth-order valence-corrected chi connectivity index (χ4v) is 1.93. The Morgan fingerprint density at radius 1 is 1.50 bits per heavy atom. The fourth-order valence-electron chi connectivity index (χ4n) is 1.93. The van der Waals surface area contributed by atoms with E-state index in [2.05, 4.69) is 4.98 Å². The predicted octanol–water partition coefficient (Wildman–Crippen LogP) is 2.89. The standard InChI is InChI=1S/C16H22N2O2/c1-4-11(2)15-18-13-9-12(5-6-14(13)20-15)7-8-16(3,17)10-19/h4-6,9,19H,7-8,10,17H2,1-3H3/b11-4+/t16-/m1/s1. The second-order valence-corrected chi connectivity index (χ2v) is 5.60. The number of hydrogen-bond donors (Lipinski definition) is 2. The molecule has 0 radical (unpaired) electrons. The van der Waals surface area contributed by atoms with Crippen LogP contribution in [0.2, 0.25) is 0 Å². The van der Waals surface area contributed by atoms with Gasteiger partial charge in [-0.15, -0.1) is 0 Å². The lowest BCUT2D eigenvalue weighted by Gasteiger charge is -2.21. The lowest BCUT2D eigenvalue weighted by molar-refractivity contribution is 0.200. The van der Waals surface area contributed by atoms with E-state index in [1.54, 1.807) is 0 Å². The van der Waals surface area contributed by atoms with Crippen LogP contribution in [0.1, 0.15) is 38.6 Å². The van der Waals surface area contributed by atoms with Gasteiger partial charge in [-0.1, -0.05) is 12.1 Å². The van der Waals surface area contributed by atoms with Gasteiger partial charge in [-0.25, -0.2) is 4.98 Å². The number of fused-ring (bicyclic) bond motifs is 1. The summed E-state index contributed by atoms with van der Waals surface area (Å²) >= 11 is 0. The number of oxazole rings is 1. The average molecular weight is 274 g/mol. The monoisotopic (exact) mass is 274 g/mol. The summed E-state index contributed by atoms with van der Waals surface area (Å²) in [6.07, 6.45) is 3.52. The van der Waals surface area contributed by atoms with Crippen LogP contribution in [0.3, 0.4) is 0 Å². The number of allylic oxidation sites excluding steroid dienone is 2. The Balaban J connectivity index is 2.21. The Morgan fingerprint density at radius 3 is 2.90 bits per heavy atom. The van der Waals surface area contributed by atoms with Crippen molar-refractivity contribution in [2.24, 2.45) is 5.73 Å². The normalized spacial score (nSPS) is 15.6. The van der Waals surface area contributed by atoms with E-state index >= 15 is 0 Å². The first-order valence-electron chi connectivity index (χ1n) is 6.88. The molecule has 1 aromatic carbocycles. The molecule has 0 aliphatic carbocycles. The molecule has 0 bridgehead atoms. The zero-order chi connectivity index (χ0) is 14.8. The molecule has 1 aromatic heterocycles. The number of hydrogen-bond acceptors (Lipinski definition) is 4. The van der Waals surface area contributed by atoms with E-state index < -0.39 is 5.54 Å². The lowest BCUT2D eigenvalue weighted by atomic mass is 9.95. The zero-order valence-electron chi connectivity index (χ0n) is 12.3. The third-order valence-electron chi connectivity index (χ3n) is 3.57. The van der Waals surface area contributed by atoms with Crippen molar-refractivity contribution in [2.45, 2.75) is 39.2 Å². The lowest BCUT2D eigenvalue weighted by Crippen LogP contribution is -2.40. The van der Waals surface area contributed by atoms with Crippen LogP contribution in [0.15, 0.2) is 28.7 Å². The number of nitrogens with zero attached hydrogens (tertiary/aromatic N) is 1. The number of nitrogens with two attached hydrogens (primary N) is 1. The second-order valence-electron chi connectivity index (χ2n) is 5.60. The molecule has 3 N–H and O–H groups in total. The molecule has 2 aromatic rings. The molecule has 0 saturated heterocycles. The van der Waals surface area contributed by atoms with Crippen LogP contribution in [-0.2, 0) is 6.42 Å². The van der Waals surface area contributed by atoms with Gasteiger partial charge in [0.15, 0.2) is 5.58 Å². The molecule has 2 rings (SSSR count). The van der Waals surface area contributed by atoms with Crippen molar-refractivity contribution in [2.75, 3.05) is 6.61 Å². The summed E-state index contributed by atoms with van der Waals surface area (Å²) in [4.78, 5) is 4.49.